The van der Waals surface area contributed by atoms with E-state index in [-0.39, 0.29) is 0 Å². The van der Waals surface area contributed by atoms with Crippen LogP contribution in [0, 0.1) is 5.92 Å². The van der Waals surface area contributed by atoms with Crippen LogP contribution in [0.1, 0.15) is 13.8 Å². The molecule has 3 nitrogen and oxygen atoms in total. The zero-order chi connectivity index (χ0) is 10.4. The molecule has 0 N–H and O–H groups in total. The third-order valence-corrected chi connectivity index (χ3v) is 1.59. The molecule has 0 aromatic carbocycles. The summed E-state index contributed by atoms with van der Waals surface area (Å²) < 4.78 is 0. The minimum atomic E-state index is 0.639. The summed E-state index contributed by atoms with van der Waals surface area (Å²) in [7, 11) is 6.01. The van der Waals surface area contributed by atoms with Crippen molar-refractivity contribution in [2.24, 2.45) is 10.9 Å². The van der Waals surface area contributed by atoms with Gasteiger partial charge in [-0.25, -0.2) is 4.99 Å². The molecule has 0 fully saturated rings. The van der Waals surface area contributed by atoms with Gasteiger partial charge in [-0.2, -0.15) is 0 Å². The highest BCUT2D eigenvalue weighted by molar-refractivity contribution is 5.79. The van der Waals surface area contributed by atoms with Crippen molar-refractivity contribution in [1.29, 1.82) is 0 Å². The number of hydrogen-bond donors (Lipinski definition) is 0. The van der Waals surface area contributed by atoms with Crippen LogP contribution >= 0.6 is 0 Å². The van der Waals surface area contributed by atoms with E-state index in [2.05, 4.69) is 30.3 Å². The Morgan fingerprint density at radius 2 is 1.92 bits per heavy atom. The van der Waals surface area contributed by atoms with E-state index in [4.69, 9.17) is 0 Å². The third-order valence-electron chi connectivity index (χ3n) is 1.59. The van der Waals surface area contributed by atoms with Gasteiger partial charge in [0.25, 0.3) is 0 Å². The number of rotatable bonds is 3. The molecule has 0 amide bonds. The Hall–Kier alpha value is -0.990. The first-order valence-electron chi connectivity index (χ1n) is 4.56. The normalized spacial score (nSPS) is 11.7. The fourth-order valence-electron chi connectivity index (χ4n) is 1.27. The fourth-order valence-corrected chi connectivity index (χ4v) is 1.27. The van der Waals surface area contributed by atoms with Crippen LogP contribution in [-0.4, -0.2) is 43.4 Å². The average molecular weight is 183 g/mol. The highest BCUT2D eigenvalue weighted by Gasteiger charge is 2.08. The molecule has 0 aromatic rings. The predicted octanol–water partition coefficient (Wildman–Crippen LogP) is 1.64. The van der Waals surface area contributed by atoms with Crippen molar-refractivity contribution < 1.29 is 0 Å². The van der Waals surface area contributed by atoms with Gasteiger partial charge in [0, 0.05) is 33.9 Å². The summed E-state index contributed by atoms with van der Waals surface area (Å²) in [6.45, 7) is 8.99. The van der Waals surface area contributed by atoms with Crippen LogP contribution in [0.15, 0.2) is 17.8 Å². The van der Waals surface area contributed by atoms with Gasteiger partial charge in [0.15, 0.2) is 5.96 Å². The van der Waals surface area contributed by atoms with E-state index < -0.39 is 0 Å². The summed E-state index contributed by atoms with van der Waals surface area (Å²) in [4.78, 5) is 8.33. The number of hydrogen-bond acceptors (Lipinski definition) is 1. The molecule has 0 heterocycles. The van der Waals surface area contributed by atoms with Gasteiger partial charge >= 0.3 is 0 Å². The maximum absolute atomic E-state index is 4.21. The first-order valence-corrected chi connectivity index (χ1v) is 4.56. The van der Waals surface area contributed by atoms with Gasteiger partial charge in [-0.05, 0) is 5.92 Å². The molecule has 0 aliphatic rings. The van der Waals surface area contributed by atoms with Gasteiger partial charge in [-0.3, -0.25) is 0 Å². The Labute approximate surface area is 81.7 Å². The molecule has 0 spiro atoms. The van der Waals surface area contributed by atoms with Gasteiger partial charge in [0.05, 0.1) is 0 Å². The van der Waals surface area contributed by atoms with Crippen molar-refractivity contribution in [3.8, 4) is 0 Å². The second-order valence-electron chi connectivity index (χ2n) is 3.78. The molecule has 0 saturated carbocycles. The predicted molar refractivity (Wildman–Crippen MR) is 58.8 cm³/mol. The maximum Gasteiger partial charge on any atom is 0.200 e. The van der Waals surface area contributed by atoms with Crippen molar-refractivity contribution in [2.75, 3.05) is 27.7 Å². The third kappa shape index (κ3) is 4.55. The van der Waals surface area contributed by atoms with Crippen LogP contribution in [0.2, 0.25) is 0 Å². The molecule has 3 heteroatoms. The van der Waals surface area contributed by atoms with Crippen LogP contribution in [0.5, 0.6) is 0 Å². The standard InChI is InChI=1S/C10H21N3/c1-7-11-10(12(4)5)13(6)8-9(2)3/h7,9H,1,8H2,2-6H3/b11-10+. The monoisotopic (exact) mass is 183 g/mol. The number of aliphatic imine (C=N–C) groups is 1. The van der Waals surface area contributed by atoms with Gasteiger partial charge in [-0.1, -0.05) is 20.4 Å². The zero-order valence-electron chi connectivity index (χ0n) is 9.41. The largest absolute Gasteiger partial charge is 0.349 e. The van der Waals surface area contributed by atoms with E-state index in [0.29, 0.717) is 5.92 Å². The van der Waals surface area contributed by atoms with Crippen molar-refractivity contribution in [3.05, 3.63) is 12.8 Å². The highest BCUT2D eigenvalue weighted by atomic mass is 15.3. The summed E-state index contributed by atoms with van der Waals surface area (Å²) in [5.74, 6) is 1.59. The molecule has 0 saturated heterocycles. The van der Waals surface area contributed by atoms with Crippen molar-refractivity contribution in [1.82, 2.24) is 9.80 Å². The summed E-state index contributed by atoms with van der Waals surface area (Å²) in [6.07, 6.45) is 1.58. The van der Waals surface area contributed by atoms with E-state index in [1.54, 1.807) is 6.20 Å². The van der Waals surface area contributed by atoms with Crippen LogP contribution in [0.3, 0.4) is 0 Å². The molecular weight excluding hydrogens is 162 g/mol. The van der Waals surface area contributed by atoms with Crippen LogP contribution < -0.4 is 0 Å². The molecule has 0 aliphatic carbocycles. The second kappa shape index (κ2) is 5.62. The Kier molecular flexibility index (Phi) is 5.19. The van der Waals surface area contributed by atoms with Gasteiger partial charge < -0.3 is 9.80 Å². The van der Waals surface area contributed by atoms with E-state index in [1.165, 1.54) is 0 Å². The first-order chi connectivity index (χ1) is 5.99. The molecule has 0 unspecified atom stereocenters. The van der Waals surface area contributed by atoms with E-state index in [9.17, 15) is 0 Å². The molecule has 0 atom stereocenters. The van der Waals surface area contributed by atoms with Crippen LogP contribution in [-0.2, 0) is 0 Å². The molecule has 76 valence electrons. The minimum Gasteiger partial charge on any atom is -0.349 e. The lowest BCUT2D eigenvalue weighted by Crippen LogP contribution is -2.39. The summed E-state index contributed by atoms with van der Waals surface area (Å²) in [5, 5.41) is 0. The molecule has 0 bridgehead atoms. The number of guanidine groups is 1. The Bertz CT molecular complexity index is 183. The molecule has 0 aromatic heterocycles. The topological polar surface area (TPSA) is 18.8 Å². The van der Waals surface area contributed by atoms with Crippen molar-refractivity contribution >= 4 is 5.96 Å². The first kappa shape index (κ1) is 12.0. The quantitative estimate of drug-likeness (QED) is 0.489. The smallest absolute Gasteiger partial charge is 0.200 e. The Morgan fingerprint density at radius 1 is 1.38 bits per heavy atom. The van der Waals surface area contributed by atoms with E-state index >= 15 is 0 Å². The average Bonchev–Trinajstić information content (AvgIpc) is 1.97. The SMILES string of the molecule is C=C/N=C(\N(C)C)N(C)CC(C)C. The maximum atomic E-state index is 4.21. The molecule has 0 rings (SSSR count). The Balaban J connectivity index is 4.37. The van der Waals surface area contributed by atoms with Gasteiger partial charge in [0.1, 0.15) is 0 Å². The van der Waals surface area contributed by atoms with Crippen LogP contribution in [0.4, 0.5) is 0 Å². The van der Waals surface area contributed by atoms with Crippen LogP contribution in [0.25, 0.3) is 0 Å². The molecule has 0 aliphatic heterocycles. The summed E-state index contributed by atoms with van der Waals surface area (Å²) in [6, 6.07) is 0. The van der Waals surface area contributed by atoms with E-state index in [1.807, 2.05) is 26.0 Å². The lowest BCUT2D eigenvalue weighted by atomic mass is 10.2. The lowest BCUT2D eigenvalue weighted by Gasteiger charge is -2.27. The highest BCUT2D eigenvalue weighted by Crippen LogP contribution is 1.99. The summed E-state index contributed by atoms with van der Waals surface area (Å²) >= 11 is 0. The summed E-state index contributed by atoms with van der Waals surface area (Å²) in [5.41, 5.74) is 0. The molecule has 13 heavy (non-hydrogen) atoms. The van der Waals surface area contributed by atoms with Crippen molar-refractivity contribution in [2.45, 2.75) is 13.8 Å². The zero-order valence-corrected chi connectivity index (χ0v) is 9.41. The molecular formula is C10H21N3. The molecule has 0 radical (unpaired) electrons. The number of nitrogens with zero attached hydrogens (tertiary/aromatic N) is 3. The second-order valence-corrected chi connectivity index (χ2v) is 3.78. The fraction of sp³-hybridized carbons (Fsp3) is 0.700. The van der Waals surface area contributed by atoms with E-state index in [0.717, 1.165) is 12.5 Å². The van der Waals surface area contributed by atoms with Gasteiger partial charge in [0.2, 0.25) is 0 Å². The van der Waals surface area contributed by atoms with Gasteiger partial charge in [-0.15, -0.1) is 0 Å². The van der Waals surface area contributed by atoms with Crippen molar-refractivity contribution in [3.63, 3.8) is 0 Å². The Morgan fingerprint density at radius 3 is 2.23 bits per heavy atom. The lowest BCUT2D eigenvalue weighted by molar-refractivity contribution is 0.377. The minimum absolute atomic E-state index is 0.639.